The van der Waals surface area contributed by atoms with Crippen molar-refractivity contribution < 1.29 is 27.5 Å². The second kappa shape index (κ2) is 11.8. The first-order valence-corrected chi connectivity index (χ1v) is 9.83. The van der Waals surface area contributed by atoms with Gasteiger partial charge in [-0.15, -0.1) is 11.6 Å². The first-order chi connectivity index (χ1) is 9.92. The molecule has 0 saturated heterocycles. The average Bonchev–Trinajstić information content (AvgIpc) is 2.39. The maximum Gasteiger partial charge on any atom is 0.522 e. The molecule has 6 nitrogen and oxygen atoms in total. The Bertz CT molecular complexity index is 223. The molecule has 0 aliphatic rings. The van der Waals surface area contributed by atoms with E-state index in [9.17, 15) is 0 Å². The molecule has 0 heterocycles. The van der Waals surface area contributed by atoms with Crippen molar-refractivity contribution in [3.05, 3.63) is 0 Å². The smallest absolute Gasteiger partial charge is 0.354 e. The minimum absolute atomic E-state index is 0.0826. The third-order valence-electron chi connectivity index (χ3n) is 2.40. The van der Waals surface area contributed by atoms with Crippen LogP contribution in [0.2, 0.25) is 0 Å². The molecule has 0 rings (SSSR count). The zero-order valence-corrected chi connectivity index (χ0v) is 15.6. The van der Waals surface area contributed by atoms with Gasteiger partial charge in [-0.2, -0.15) is 0 Å². The molecule has 0 aromatic rings. The lowest BCUT2D eigenvalue weighted by atomic mass is 10.7. The van der Waals surface area contributed by atoms with Crippen molar-refractivity contribution in [1.82, 2.24) is 0 Å². The van der Waals surface area contributed by atoms with Crippen LogP contribution in [0.25, 0.3) is 0 Å². The first kappa shape index (κ1) is 21.3. The van der Waals surface area contributed by atoms with Gasteiger partial charge in [0.15, 0.2) is 0 Å². The van der Waals surface area contributed by atoms with Gasteiger partial charge < -0.3 is 27.5 Å². The largest absolute Gasteiger partial charge is 0.522 e. The molecule has 0 aliphatic heterocycles. The van der Waals surface area contributed by atoms with E-state index in [1.54, 1.807) is 20.8 Å². The van der Waals surface area contributed by atoms with E-state index in [0.29, 0.717) is 19.8 Å². The van der Waals surface area contributed by atoms with E-state index in [0.717, 1.165) is 0 Å². The summed E-state index contributed by atoms with van der Waals surface area (Å²) in [6.45, 7) is 12.6. The summed E-state index contributed by atoms with van der Waals surface area (Å²) in [6, 6.07) is 0. The van der Waals surface area contributed by atoms with Crippen molar-refractivity contribution in [3.63, 3.8) is 0 Å². The second-order valence-corrected chi connectivity index (χ2v) is 7.38. The molecule has 0 radical (unpaired) electrons. The molecular formula is C13H29ClO6Si. The molecular weight excluding hydrogens is 316 g/mol. The van der Waals surface area contributed by atoms with Crippen LogP contribution in [0.4, 0.5) is 0 Å². The van der Waals surface area contributed by atoms with Crippen LogP contribution in [0.15, 0.2) is 0 Å². The minimum atomic E-state index is -3.18. The molecule has 0 bridgehead atoms. The van der Waals surface area contributed by atoms with Crippen LogP contribution in [-0.4, -0.2) is 53.0 Å². The highest BCUT2D eigenvalue weighted by atomic mass is 35.5. The van der Waals surface area contributed by atoms with Gasteiger partial charge in [0, 0.05) is 19.8 Å². The van der Waals surface area contributed by atoms with Crippen LogP contribution < -0.4 is 0 Å². The molecule has 0 aromatic carbocycles. The quantitative estimate of drug-likeness (QED) is 0.291. The highest BCUT2D eigenvalue weighted by Crippen LogP contribution is 2.20. The summed E-state index contributed by atoms with van der Waals surface area (Å²) in [5.74, 6) is 0. The van der Waals surface area contributed by atoms with Gasteiger partial charge in [0.1, 0.15) is 18.9 Å². The van der Waals surface area contributed by atoms with Gasteiger partial charge in [-0.3, -0.25) is 0 Å². The molecule has 3 atom stereocenters. The van der Waals surface area contributed by atoms with Crippen LogP contribution >= 0.6 is 11.6 Å². The highest BCUT2D eigenvalue weighted by molar-refractivity contribution is 6.69. The van der Waals surface area contributed by atoms with E-state index in [2.05, 4.69) is 0 Å². The molecule has 0 N–H and O–H groups in total. The lowest BCUT2D eigenvalue weighted by molar-refractivity contribution is -0.174. The van der Waals surface area contributed by atoms with Gasteiger partial charge in [0.2, 0.25) is 0 Å². The molecule has 0 amide bonds. The topological polar surface area (TPSA) is 55.4 Å². The van der Waals surface area contributed by atoms with Gasteiger partial charge >= 0.3 is 8.80 Å². The van der Waals surface area contributed by atoms with E-state index < -0.39 is 27.7 Å². The fourth-order valence-corrected chi connectivity index (χ4v) is 4.39. The van der Waals surface area contributed by atoms with E-state index in [1.807, 2.05) is 20.8 Å². The normalized spacial score (nSPS) is 19.0. The van der Waals surface area contributed by atoms with E-state index in [4.69, 9.17) is 39.1 Å². The monoisotopic (exact) mass is 344 g/mol. The first-order valence-electron chi connectivity index (χ1n) is 7.37. The van der Waals surface area contributed by atoms with Crippen molar-refractivity contribution in [3.8, 4) is 0 Å². The fraction of sp³-hybridized carbons (Fsp3) is 1.00. The summed E-state index contributed by atoms with van der Waals surface area (Å²) in [4.78, 5) is 0. The molecule has 8 heteroatoms. The summed E-state index contributed by atoms with van der Waals surface area (Å²) in [7, 11) is -3.18. The second-order valence-electron chi connectivity index (χ2n) is 4.24. The third-order valence-corrected chi connectivity index (χ3v) is 5.79. The van der Waals surface area contributed by atoms with Gasteiger partial charge in [-0.05, 0) is 41.5 Å². The molecule has 0 fully saturated rings. The fourth-order valence-electron chi connectivity index (χ4n) is 1.74. The summed E-state index contributed by atoms with van der Waals surface area (Å²) < 4.78 is 33.7. The van der Waals surface area contributed by atoms with Gasteiger partial charge in [0.25, 0.3) is 0 Å². The standard InChI is InChI=1S/C13H29ClO6Si/c1-7-15-11(4)18-21(10-14,19-12(5)16-8-2)20-13(6)17-9-3/h11-13H,7-10H2,1-6H3. The van der Waals surface area contributed by atoms with Gasteiger partial charge in [0.05, 0.1) is 5.50 Å². The number of hydrogen-bond acceptors (Lipinski definition) is 6. The minimum Gasteiger partial charge on any atom is -0.354 e. The molecule has 0 spiro atoms. The van der Waals surface area contributed by atoms with Crippen LogP contribution in [0, 0.1) is 0 Å². The molecule has 0 aliphatic carbocycles. The average molecular weight is 345 g/mol. The van der Waals surface area contributed by atoms with Crippen molar-refractivity contribution in [2.45, 2.75) is 60.4 Å². The van der Waals surface area contributed by atoms with E-state index in [-0.39, 0.29) is 5.50 Å². The van der Waals surface area contributed by atoms with Crippen molar-refractivity contribution in [2.24, 2.45) is 0 Å². The predicted molar refractivity (Wildman–Crippen MR) is 83.0 cm³/mol. The van der Waals surface area contributed by atoms with Crippen molar-refractivity contribution >= 4 is 20.4 Å². The molecule has 3 unspecified atom stereocenters. The number of ether oxygens (including phenoxy) is 3. The summed E-state index contributed by atoms with van der Waals surface area (Å²) in [6.07, 6.45) is -1.45. The summed E-state index contributed by atoms with van der Waals surface area (Å²) in [5.41, 5.74) is 0.0826. The van der Waals surface area contributed by atoms with Gasteiger partial charge in [-0.25, -0.2) is 0 Å². The van der Waals surface area contributed by atoms with Crippen LogP contribution in [0.3, 0.4) is 0 Å². The lowest BCUT2D eigenvalue weighted by Gasteiger charge is -2.34. The number of rotatable bonds is 13. The van der Waals surface area contributed by atoms with Crippen LogP contribution in [0.1, 0.15) is 41.5 Å². The Labute approximate surface area is 134 Å². The molecule has 0 aromatic heterocycles. The molecule has 128 valence electrons. The Morgan fingerprint density at radius 2 is 1.00 bits per heavy atom. The number of halogens is 1. The Morgan fingerprint density at radius 1 is 0.714 bits per heavy atom. The van der Waals surface area contributed by atoms with Crippen molar-refractivity contribution in [1.29, 1.82) is 0 Å². The summed E-state index contributed by atoms with van der Waals surface area (Å²) in [5, 5.41) is 0. The van der Waals surface area contributed by atoms with Crippen LogP contribution in [0.5, 0.6) is 0 Å². The molecule has 21 heavy (non-hydrogen) atoms. The zero-order chi connectivity index (χ0) is 16.3. The van der Waals surface area contributed by atoms with Crippen LogP contribution in [-0.2, 0) is 27.5 Å². The van der Waals surface area contributed by atoms with E-state index >= 15 is 0 Å². The SMILES string of the molecule is CCOC(C)O[Si](CCl)(OC(C)OCC)OC(C)OCC. The number of hydrogen-bond donors (Lipinski definition) is 0. The van der Waals surface area contributed by atoms with Gasteiger partial charge in [-0.1, -0.05) is 0 Å². The van der Waals surface area contributed by atoms with E-state index in [1.165, 1.54) is 0 Å². The summed E-state index contributed by atoms with van der Waals surface area (Å²) >= 11 is 6.08. The Kier molecular flexibility index (Phi) is 11.9. The predicted octanol–water partition coefficient (Wildman–Crippen LogP) is 2.90. The Balaban J connectivity index is 4.89. The Hall–Kier alpha value is 0.267. The maximum absolute atomic E-state index is 6.08. The lowest BCUT2D eigenvalue weighted by Crippen LogP contribution is -2.54. The Morgan fingerprint density at radius 3 is 1.19 bits per heavy atom. The molecule has 0 saturated carbocycles. The third kappa shape index (κ3) is 9.10. The zero-order valence-electron chi connectivity index (χ0n) is 13.9. The van der Waals surface area contributed by atoms with Crippen molar-refractivity contribution in [2.75, 3.05) is 25.3 Å². The highest BCUT2D eigenvalue weighted by Gasteiger charge is 2.46. The number of alkyl halides is 1. The maximum atomic E-state index is 6.08.